The highest BCUT2D eigenvalue weighted by molar-refractivity contribution is 7.41. The van der Waals surface area contributed by atoms with Gasteiger partial charge >= 0.3 is 0 Å². The molecule has 0 aliphatic heterocycles. The lowest BCUT2D eigenvalue weighted by Crippen LogP contribution is -2.32. The first-order chi connectivity index (χ1) is 32.9. The minimum Gasteiger partial charge on any atom is -0.496 e. The quantitative estimate of drug-likeness (QED) is 0.0562. The first-order valence-corrected chi connectivity index (χ1v) is 26.9. The second-order valence-corrected chi connectivity index (χ2v) is 20.9. The summed E-state index contributed by atoms with van der Waals surface area (Å²) in [5.41, 5.74) is 14.7. The monoisotopic (exact) mass is 940 g/mol. The molecule has 0 fully saturated rings. The van der Waals surface area contributed by atoms with Gasteiger partial charge in [0.25, 0.3) is 0 Å². The van der Waals surface area contributed by atoms with Crippen LogP contribution in [0.3, 0.4) is 0 Å². The van der Waals surface area contributed by atoms with Gasteiger partial charge in [-0.15, -0.1) is 34.0 Å². The van der Waals surface area contributed by atoms with E-state index >= 15 is 0 Å². The van der Waals surface area contributed by atoms with Crippen LogP contribution >= 0.6 is 34.0 Å². The number of thiophene rings is 3. The number of hydrogen-bond donors (Lipinski definition) is 0. The molecule has 0 amide bonds. The van der Waals surface area contributed by atoms with Crippen LogP contribution in [0.15, 0.2) is 134 Å². The minimum atomic E-state index is 0.897. The molecule has 4 nitrogen and oxygen atoms in total. The highest BCUT2D eigenvalue weighted by atomic mass is 32.1. The number of rotatable bonds is 20. The second kappa shape index (κ2) is 21.6. The maximum Gasteiger partial charge on any atom is 0.169 e. The molecule has 0 aliphatic rings. The Morgan fingerprint density at radius 1 is 0.388 bits per heavy atom. The average molecular weight is 941 g/mol. The molecule has 7 heteroatoms. The van der Waals surface area contributed by atoms with E-state index < -0.39 is 0 Å². The Balaban J connectivity index is 1.18. The summed E-state index contributed by atoms with van der Waals surface area (Å²) in [5.74, 6) is 1.79. The van der Waals surface area contributed by atoms with Gasteiger partial charge in [0.05, 0.1) is 33.0 Å². The summed E-state index contributed by atoms with van der Waals surface area (Å²) in [4.78, 5) is 2.50. The van der Waals surface area contributed by atoms with Crippen molar-refractivity contribution in [2.75, 3.05) is 14.2 Å². The second-order valence-electron chi connectivity index (χ2n) is 17.9. The normalized spacial score (nSPS) is 11.6. The number of unbranched alkanes of at least 4 members (excludes halogenated alkanes) is 8. The number of aromatic nitrogens is 2. The van der Waals surface area contributed by atoms with E-state index in [2.05, 4.69) is 171 Å². The zero-order valence-corrected chi connectivity index (χ0v) is 42.6. The Hall–Kier alpha value is -5.60. The van der Waals surface area contributed by atoms with Gasteiger partial charge in [-0.2, -0.15) is 0 Å². The number of nitrogens with zero attached hydrogens (tertiary/aromatic N) is 2. The van der Waals surface area contributed by atoms with Gasteiger partial charge in [0.15, 0.2) is 24.8 Å². The summed E-state index contributed by atoms with van der Waals surface area (Å²) in [6, 6.07) is 39.9. The largest absolute Gasteiger partial charge is 0.496 e. The van der Waals surface area contributed by atoms with Crippen molar-refractivity contribution in [3.05, 3.63) is 145 Å². The van der Waals surface area contributed by atoms with Gasteiger partial charge in [0.2, 0.25) is 0 Å². The third kappa shape index (κ3) is 9.61. The van der Waals surface area contributed by atoms with Gasteiger partial charge in [0, 0.05) is 69.1 Å². The summed E-state index contributed by atoms with van der Waals surface area (Å²) >= 11 is 5.76. The van der Waals surface area contributed by atoms with E-state index in [0.717, 1.165) is 24.6 Å². The number of hydrogen-bond acceptors (Lipinski definition) is 5. The number of pyridine rings is 2. The van der Waals surface area contributed by atoms with Crippen LogP contribution in [0.5, 0.6) is 11.5 Å². The molecule has 0 aliphatic carbocycles. The molecular weight excluding hydrogens is 877 g/mol. The smallest absolute Gasteiger partial charge is 0.169 e. The van der Waals surface area contributed by atoms with E-state index in [0.29, 0.717) is 0 Å². The van der Waals surface area contributed by atoms with Crippen LogP contribution < -0.4 is 18.6 Å². The Morgan fingerprint density at radius 3 is 1.15 bits per heavy atom. The summed E-state index contributed by atoms with van der Waals surface area (Å²) in [6.45, 7) is 11.2. The molecule has 9 rings (SSSR count). The van der Waals surface area contributed by atoms with Crippen molar-refractivity contribution in [1.29, 1.82) is 0 Å². The molecule has 4 aromatic carbocycles. The molecular formula is C60H64N2O2S3+2. The molecule has 0 unspecified atom stereocenters. The van der Waals surface area contributed by atoms with Gasteiger partial charge < -0.3 is 9.47 Å². The molecule has 5 heterocycles. The molecule has 0 atom stereocenters. The first kappa shape index (κ1) is 46.5. The molecule has 67 heavy (non-hydrogen) atoms. The van der Waals surface area contributed by atoms with Gasteiger partial charge in [0.1, 0.15) is 24.6 Å². The molecule has 0 N–H and O–H groups in total. The highest BCUT2D eigenvalue weighted by Crippen LogP contribution is 2.60. The van der Waals surface area contributed by atoms with E-state index in [1.54, 1.807) is 0 Å². The van der Waals surface area contributed by atoms with Gasteiger partial charge in [-0.05, 0) is 83.3 Å². The standard InChI is InChI=1S/C60H64N2O2S3/c1-7-9-11-13-21-35-61-37-31-43(32-38-61)47-27-29-49(63-5)51(41(47)3)55-53(45-23-17-15-18-24-45)57-59(65-55)60-58(67-57)54(46-25-19-16-20-26-46)56(66-60)52-42(4)48(28-30-50(52)64-6)44-33-39-62(40-34-44)36-22-14-12-10-8-2/h15-20,23-34,37-40H,7-14,21-22,35-36H2,1-6H3/q+2. The van der Waals surface area contributed by atoms with Crippen molar-refractivity contribution in [2.24, 2.45) is 0 Å². The van der Waals surface area contributed by atoms with Crippen LogP contribution in [0, 0.1) is 13.8 Å². The number of benzene rings is 4. The van der Waals surface area contributed by atoms with Crippen LogP contribution in [0.4, 0.5) is 0 Å². The van der Waals surface area contributed by atoms with E-state index in [-0.39, 0.29) is 0 Å². The zero-order valence-electron chi connectivity index (χ0n) is 40.1. The van der Waals surface area contributed by atoms with E-state index in [9.17, 15) is 0 Å². The molecule has 0 radical (unpaired) electrons. The number of aryl methyl sites for hydroxylation is 2. The number of ether oxygens (including phenoxy) is 2. The summed E-state index contributed by atoms with van der Waals surface area (Å²) in [7, 11) is 3.62. The van der Waals surface area contributed by atoms with Crippen LogP contribution in [0.1, 0.15) is 89.2 Å². The lowest BCUT2D eigenvalue weighted by molar-refractivity contribution is -0.697. The SMILES string of the molecule is CCCCCCC[n+]1ccc(-c2ccc(OC)c(-c3sc4c(sc5c(-c6ccccc6)c(-c6c(OC)ccc(-c7cc[n+](CCCCCCC)cc7)c6C)sc54)c3-c3ccccc3)c2C)cc1. The summed E-state index contributed by atoms with van der Waals surface area (Å²) in [5, 5.41) is 0. The molecule has 9 aromatic rings. The summed E-state index contributed by atoms with van der Waals surface area (Å²) in [6.07, 6.45) is 21.8. The molecule has 0 bridgehead atoms. The molecule has 342 valence electrons. The molecule has 0 spiro atoms. The van der Waals surface area contributed by atoms with E-state index in [1.165, 1.54) is 160 Å². The lowest BCUT2D eigenvalue weighted by atomic mass is 9.92. The first-order valence-electron chi connectivity index (χ1n) is 24.4. The topological polar surface area (TPSA) is 26.2 Å². The van der Waals surface area contributed by atoms with Crippen molar-refractivity contribution in [2.45, 2.75) is 105 Å². The Bertz CT molecular complexity index is 2860. The van der Waals surface area contributed by atoms with Crippen LogP contribution in [-0.2, 0) is 13.1 Å². The van der Waals surface area contributed by atoms with E-state index in [1.807, 2.05) is 48.2 Å². The fourth-order valence-corrected chi connectivity index (χ4v) is 14.6. The summed E-state index contributed by atoms with van der Waals surface area (Å²) < 4.78 is 22.5. The highest BCUT2D eigenvalue weighted by Gasteiger charge is 2.29. The van der Waals surface area contributed by atoms with Crippen molar-refractivity contribution in [1.82, 2.24) is 0 Å². The van der Waals surface area contributed by atoms with Crippen LogP contribution in [0.2, 0.25) is 0 Å². The third-order valence-corrected chi connectivity index (χ3v) is 17.5. The number of fused-ring (bicyclic) bond motifs is 3. The fraction of sp³-hybridized carbons (Fsp3) is 0.300. The Labute approximate surface area is 410 Å². The van der Waals surface area contributed by atoms with Crippen LogP contribution in [-0.4, -0.2) is 14.2 Å². The third-order valence-electron chi connectivity index (χ3n) is 13.5. The molecule has 5 aromatic heterocycles. The molecule has 0 saturated heterocycles. The maximum absolute atomic E-state index is 6.27. The van der Waals surface area contributed by atoms with Gasteiger partial charge in [-0.25, -0.2) is 9.13 Å². The fourth-order valence-electron chi connectivity index (χ4n) is 9.79. The lowest BCUT2D eigenvalue weighted by Gasteiger charge is -2.17. The van der Waals surface area contributed by atoms with E-state index in [4.69, 9.17) is 9.47 Å². The average Bonchev–Trinajstić information content (AvgIpc) is 4.03. The Morgan fingerprint density at radius 2 is 0.776 bits per heavy atom. The minimum absolute atomic E-state index is 0.897. The van der Waals surface area contributed by atoms with Crippen molar-refractivity contribution in [3.8, 4) is 76.9 Å². The zero-order chi connectivity index (χ0) is 46.3. The van der Waals surface area contributed by atoms with Crippen molar-refractivity contribution in [3.63, 3.8) is 0 Å². The Kier molecular flexibility index (Phi) is 15.0. The van der Waals surface area contributed by atoms with Gasteiger partial charge in [-0.3, -0.25) is 0 Å². The van der Waals surface area contributed by atoms with Crippen molar-refractivity contribution < 1.29 is 18.6 Å². The predicted molar refractivity (Wildman–Crippen MR) is 288 cm³/mol. The van der Waals surface area contributed by atoms with Crippen LogP contribution in [0.25, 0.3) is 84.2 Å². The number of methoxy groups -OCH3 is 2. The maximum atomic E-state index is 6.27. The molecule has 0 saturated carbocycles. The van der Waals surface area contributed by atoms with Gasteiger partial charge in [-0.1, -0.05) is 125 Å². The van der Waals surface area contributed by atoms with Crippen molar-refractivity contribution >= 4 is 52.8 Å². The predicted octanol–water partition coefficient (Wildman–Crippen LogP) is 17.3.